The molecule has 6 atom stereocenters. The molecule has 1 rings (SSSR count). The molecule has 0 aromatic carbocycles. The van der Waals surface area contributed by atoms with Gasteiger partial charge in [0.25, 0.3) is 0 Å². The summed E-state index contributed by atoms with van der Waals surface area (Å²) in [5, 5.41) is 40.0. The summed E-state index contributed by atoms with van der Waals surface area (Å²) >= 11 is 0. The molecule has 1 saturated heterocycles. The molecule has 0 radical (unpaired) electrons. The second-order valence-corrected chi connectivity index (χ2v) is 18.3. The monoisotopic (exact) mass is 945 g/mol. The highest BCUT2D eigenvalue weighted by atomic mass is 16.7. The van der Waals surface area contributed by atoms with E-state index in [2.05, 4.69) is 74.6 Å². The molecule has 0 aromatic heterocycles. The number of aliphatic hydroxyl groups excluding tert-OH is 3. The lowest BCUT2D eigenvalue weighted by molar-refractivity contribution is -0.298. The van der Waals surface area contributed by atoms with E-state index < -0.39 is 61.3 Å². The molecule has 1 aliphatic heterocycles. The Balaban J connectivity index is 2.30. The van der Waals surface area contributed by atoms with E-state index in [1.54, 1.807) is 0 Å². The van der Waals surface area contributed by atoms with Gasteiger partial charge in [-0.25, -0.2) is 4.79 Å². The molecule has 0 saturated carbocycles. The molecule has 0 bridgehead atoms. The van der Waals surface area contributed by atoms with Gasteiger partial charge in [0.2, 0.25) is 0 Å². The number of carboxylic acid groups (broad SMARTS) is 1. The predicted octanol–water partition coefficient (Wildman–Crippen LogP) is 13.0. The Hall–Kier alpha value is -3.09. The van der Waals surface area contributed by atoms with Gasteiger partial charge in [0.05, 0.1) is 6.61 Å². The number of hydrogen-bond acceptors (Lipinski definition) is 10. The van der Waals surface area contributed by atoms with Gasteiger partial charge < -0.3 is 39.4 Å². The van der Waals surface area contributed by atoms with Crippen LogP contribution in [0, 0.1) is 0 Å². The fraction of sp³-hybridized carbons (Fsp3) is 0.768. The molecule has 0 amide bonds. The third-order valence-electron chi connectivity index (χ3n) is 12.1. The fourth-order valence-corrected chi connectivity index (χ4v) is 7.97. The molecule has 386 valence electrons. The van der Waals surface area contributed by atoms with Gasteiger partial charge in [-0.2, -0.15) is 0 Å². The van der Waals surface area contributed by atoms with Gasteiger partial charge in [0, 0.05) is 12.8 Å². The number of ether oxygens (including phenoxy) is 4. The highest BCUT2D eigenvalue weighted by Crippen LogP contribution is 2.23. The van der Waals surface area contributed by atoms with Crippen molar-refractivity contribution in [1.29, 1.82) is 0 Å². The summed E-state index contributed by atoms with van der Waals surface area (Å²) in [6.45, 7) is 3.70. The molecule has 0 aliphatic carbocycles. The Morgan fingerprint density at radius 2 is 0.881 bits per heavy atom. The SMILES string of the molecule is CC/C=C\C/C=C\C/C=C\C/C=C\C/C=C\CCCCCC(=O)OCC(COC1OC(C(=O)O)C(O)C(O)C1O)OC(=O)CCCCCCCCCCCCCCCCCCCCCCCC. The lowest BCUT2D eigenvalue weighted by Gasteiger charge is -2.38. The highest BCUT2D eigenvalue weighted by molar-refractivity contribution is 5.73. The standard InChI is InChI=1S/C56H96O11/c1-3-5-7-9-11-13-15-17-19-21-23-24-25-27-29-31-33-35-37-39-41-43-45-50(58)66-48(47-65-56-53(61)51(59)52(60)54(67-56)55(62)63)46-64-49(57)44-42-40-38-36-34-32-30-28-26-22-20-18-16-14-12-10-8-6-4-2/h6,8,12,14,18,20,26,28,32,34,48,51-54,56,59-61H,3-5,7,9-11,13,15-17,19,21-25,27,29-31,33,35-47H2,1-2H3,(H,62,63)/b8-6-,14-12-,20-18-,28-26-,34-32-. The average molecular weight is 945 g/mol. The van der Waals surface area contributed by atoms with Crippen molar-refractivity contribution in [3.8, 4) is 0 Å². The Bertz CT molecular complexity index is 1340. The molecular formula is C56H96O11. The van der Waals surface area contributed by atoms with Crippen LogP contribution in [0.5, 0.6) is 0 Å². The minimum absolute atomic E-state index is 0.177. The molecule has 11 nitrogen and oxygen atoms in total. The van der Waals surface area contributed by atoms with Crippen LogP contribution in [-0.2, 0) is 33.3 Å². The first kappa shape index (κ1) is 61.9. The molecule has 4 N–H and O–H groups in total. The van der Waals surface area contributed by atoms with Crippen molar-refractivity contribution in [3.63, 3.8) is 0 Å². The number of aliphatic hydroxyl groups is 3. The maximum Gasteiger partial charge on any atom is 0.335 e. The molecule has 1 fully saturated rings. The van der Waals surface area contributed by atoms with Crippen molar-refractivity contribution in [2.45, 2.75) is 263 Å². The highest BCUT2D eigenvalue weighted by Gasteiger charge is 2.47. The Morgan fingerprint density at radius 3 is 1.33 bits per heavy atom. The Labute approximate surface area is 406 Å². The zero-order valence-corrected chi connectivity index (χ0v) is 42.1. The van der Waals surface area contributed by atoms with Crippen molar-refractivity contribution in [1.82, 2.24) is 0 Å². The van der Waals surface area contributed by atoms with Crippen LogP contribution >= 0.6 is 0 Å². The quantitative estimate of drug-likeness (QED) is 0.0260. The number of aliphatic carboxylic acids is 1. The number of carboxylic acids is 1. The minimum atomic E-state index is -1.87. The molecule has 0 aromatic rings. The Kier molecular flexibility index (Phi) is 41.9. The van der Waals surface area contributed by atoms with Crippen molar-refractivity contribution >= 4 is 17.9 Å². The molecule has 11 heteroatoms. The lowest BCUT2D eigenvalue weighted by atomic mass is 9.99. The van der Waals surface area contributed by atoms with Crippen molar-refractivity contribution in [3.05, 3.63) is 60.8 Å². The smallest absolute Gasteiger partial charge is 0.335 e. The predicted molar refractivity (Wildman–Crippen MR) is 271 cm³/mol. The molecule has 67 heavy (non-hydrogen) atoms. The first-order valence-corrected chi connectivity index (χ1v) is 26.8. The number of allylic oxidation sites excluding steroid dienone is 10. The van der Waals surface area contributed by atoms with Crippen LogP contribution in [0.25, 0.3) is 0 Å². The van der Waals surface area contributed by atoms with E-state index in [0.717, 1.165) is 70.6 Å². The minimum Gasteiger partial charge on any atom is -0.479 e. The van der Waals surface area contributed by atoms with Gasteiger partial charge in [-0.1, -0.05) is 216 Å². The van der Waals surface area contributed by atoms with E-state index >= 15 is 0 Å². The van der Waals surface area contributed by atoms with Crippen LogP contribution in [0.4, 0.5) is 0 Å². The first-order valence-electron chi connectivity index (χ1n) is 26.8. The van der Waals surface area contributed by atoms with E-state index in [1.807, 2.05) is 0 Å². The number of carbonyl (C=O) groups excluding carboxylic acids is 2. The number of carbonyl (C=O) groups is 3. The second kappa shape index (κ2) is 45.4. The maximum absolute atomic E-state index is 12.9. The molecule has 1 heterocycles. The zero-order valence-electron chi connectivity index (χ0n) is 42.1. The first-order chi connectivity index (χ1) is 32.7. The van der Waals surface area contributed by atoms with Gasteiger partial charge in [-0.3, -0.25) is 9.59 Å². The van der Waals surface area contributed by atoms with Crippen molar-refractivity contribution in [2.24, 2.45) is 0 Å². The van der Waals surface area contributed by atoms with E-state index in [4.69, 9.17) is 18.9 Å². The molecule has 6 unspecified atom stereocenters. The van der Waals surface area contributed by atoms with Crippen LogP contribution in [0.15, 0.2) is 60.8 Å². The van der Waals surface area contributed by atoms with Crippen LogP contribution < -0.4 is 0 Å². The summed E-state index contributed by atoms with van der Waals surface area (Å²) in [6, 6.07) is 0. The third kappa shape index (κ3) is 36.6. The number of esters is 2. The van der Waals surface area contributed by atoms with Crippen LogP contribution in [0.3, 0.4) is 0 Å². The van der Waals surface area contributed by atoms with E-state index in [9.17, 15) is 34.8 Å². The molecular weight excluding hydrogens is 849 g/mol. The van der Waals surface area contributed by atoms with Crippen LogP contribution in [-0.4, -0.2) is 88.4 Å². The fourth-order valence-electron chi connectivity index (χ4n) is 7.97. The third-order valence-corrected chi connectivity index (χ3v) is 12.1. The van der Waals surface area contributed by atoms with E-state index in [0.29, 0.717) is 12.8 Å². The molecule has 0 spiro atoms. The van der Waals surface area contributed by atoms with Crippen molar-refractivity contribution in [2.75, 3.05) is 13.2 Å². The molecule has 1 aliphatic rings. The number of rotatable bonds is 45. The average Bonchev–Trinajstić information content (AvgIpc) is 3.31. The maximum atomic E-state index is 12.9. The summed E-state index contributed by atoms with van der Waals surface area (Å²) in [5.41, 5.74) is 0. The van der Waals surface area contributed by atoms with Gasteiger partial charge in [0.1, 0.15) is 24.9 Å². The van der Waals surface area contributed by atoms with Crippen molar-refractivity contribution < 1.29 is 53.8 Å². The lowest BCUT2D eigenvalue weighted by Crippen LogP contribution is -2.60. The van der Waals surface area contributed by atoms with E-state index in [-0.39, 0.29) is 19.4 Å². The van der Waals surface area contributed by atoms with Gasteiger partial charge in [-0.05, 0) is 57.8 Å². The number of unbranched alkanes of at least 4 members (excludes halogenated alkanes) is 24. The summed E-state index contributed by atoms with van der Waals surface area (Å²) in [5.74, 6) is -2.48. The number of hydrogen-bond donors (Lipinski definition) is 4. The topological polar surface area (TPSA) is 169 Å². The normalized spacial score (nSPS) is 19.4. The summed E-state index contributed by atoms with van der Waals surface area (Å²) < 4.78 is 21.8. The summed E-state index contributed by atoms with van der Waals surface area (Å²) in [4.78, 5) is 37.0. The van der Waals surface area contributed by atoms with E-state index in [1.165, 1.54) is 116 Å². The second-order valence-electron chi connectivity index (χ2n) is 18.3. The van der Waals surface area contributed by atoms with Gasteiger partial charge >= 0.3 is 17.9 Å². The van der Waals surface area contributed by atoms with Crippen LogP contribution in [0.2, 0.25) is 0 Å². The summed E-state index contributed by atoms with van der Waals surface area (Å²) in [6.07, 6.45) is 48.4. The van der Waals surface area contributed by atoms with Gasteiger partial charge in [-0.15, -0.1) is 0 Å². The zero-order chi connectivity index (χ0) is 48.8. The van der Waals surface area contributed by atoms with Gasteiger partial charge in [0.15, 0.2) is 18.5 Å². The van der Waals surface area contributed by atoms with Crippen LogP contribution in [0.1, 0.15) is 226 Å². The Morgan fingerprint density at radius 1 is 0.478 bits per heavy atom. The summed E-state index contributed by atoms with van der Waals surface area (Å²) in [7, 11) is 0. The largest absolute Gasteiger partial charge is 0.479 e.